The number of ether oxygens (including phenoxy) is 1. The Labute approximate surface area is 158 Å². The van der Waals surface area contributed by atoms with Gasteiger partial charge in [-0.15, -0.1) is 6.58 Å². The minimum Gasteiger partial charge on any atom is -0.497 e. The number of aromatic nitrogens is 1. The quantitative estimate of drug-likeness (QED) is 0.303. The zero-order valence-corrected chi connectivity index (χ0v) is 15.7. The van der Waals surface area contributed by atoms with Crippen molar-refractivity contribution in [3.05, 3.63) is 67.0 Å². The predicted octanol–water partition coefficient (Wildman–Crippen LogP) is 1.62. The van der Waals surface area contributed by atoms with Crippen molar-refractivity contribution in [3.8, 4) is 5.75 Å². The zero-order valence-electron chi connectivity index (χ0n) is 14.9. The van der Waals surface area contributed by atoms with Crippen LogP contribution in [0, 0.1) is 0 Å². The molecule has 27 heavy (non-hydrogen) atoms. The maximum absolute atomic E-state index is 13.2. The average molecular weight is 392 g/mol. The molecule has 1 aromatic carbocycles. The number of hydroxylamine groups is 2. The molecule has 9 heteroatoms. The monoisotopic (exact) mass is 392 g/mol. The summed E-state index contributed by atoms with van der Waals surface area (Å²) < 4.78 is 29.4. The summed E-state index contributed by atoms with van der Waals surface area (Å²) in [5.41, 5.74) is 6.15. The van der Waals surface area contributed by atoms with E-state index in [2.05, 4.69) is 11.6 Å². The molecular weight excluding hydrogens is 370 g/mol. The number of rotatable bonds is 8. The van der Waals surface area contributed by atoms with Crippen LogP contribution in [-0.4, -0.2) is 41.7 Å². The van der Waals surface area contributed by atoms with Crippen molar-refractivity contribution in [1.29, 1.82) is 0 Å². The molecule has 1 unspecified atom stereocenters. The second kappa shape index (κ2) is 8.40. The van der Waals surface area contributed by atoms with Crippen molar-refractivity contribution in [1.82, 2.24) is 4.98 Å². The Morgan fingerprint density at radius 2 is 2.04 bits per heavy atom. The lowest BCUT2D eigenvalue weighted by molar-refractivity contribution is -0.947. The number of nitrogens with zero attached hydrogens (tertiary/aromatic N) is 2. The van der Waals surface area contributed by atoms with Crippen LogP contribution in [0.3, 0.4) is 0 Å². The van der Waals surface area contributed by atoms with E-state index in [0.717, 1.165) is 0 Å². The molecule has 0 fully saturated rings. The van der Waals surface area contributed by atoms with Gasteiger partial charge in [-0.1, -0.05) is 12.1 Å². The molecule has 2 aromatic rings. The van der Waals surface area contributed by atoms with Crippen molar-refractivity contribution < 1.29 is 27.2 Å². The first-order valence-electron chi connectivity index (χ1n) is 8.06. The summed E-state index contributed by atoms with van der Waals surface area (Å²) in [5, 5.41) is 11.1. The first-order chi connectivity index (χ1) is 12.8. The molecule has 2 rings (SSSR count). The molecule has 0 saturated carbocycles. The first kappa shape index (κ1) is 20.7. The molecule has 0 aliphatic carbocycles. The highest BCUT2D eigenvalue weighted by molar-refractivity contribution is 7.86. The Kier molecular flexibility index (Phi) is 6.45. The second-order valence-corrected chi connectivity index (χ2v) is 7.87. The van der Waals surface area contributed by atoms with Crippen molar-refractivity contribution >= 4 is 15.9 Å². The fourth-order valence-electron chi connectivity index (χ4n) is 2.48. The largest absolute Gasteiger partial charge is 0.497 e. The highest BCUT2D eigenvalue weighted by Crippen LogP contribution is 2.28. The summed E-state index contributed by atoms with van der Waals surface area (Å²) >= 11 is 0. The van der Waals surface area contributed by atoms with E-state index in [4.69, 9.17) is 10.5 Å². The maximum Gasteiger partial charge on any atom is 0.378 e. The molecule has 8 nitrogen and oxygen atoms in total. The van der Waals surface area contributed by atoms with E-state index < -0.39 is 32.6 Å². The fraction of sp³-hybridized carbons (Fsp3) is 0.222. The molecular formula is C18H22N3O5S+. The van der Waals surface area contributed by atoms with E-state index >= 15 is 0 Å². The van der Waals surface area contributed by atoms with Crippen LogP contribution < -0.4 is 10.5 Å². The summed E-state index contributed by atoms with van der Waals surface area (Å²) in [7, 11) is -3.10. The molecule has 1 heterocycles. The molecule has 0 aliphatic rings. The number of pyridine rings is 1. The Morgan fingerprint density at radius 1 is 1.37 bits per heavy atom. The van der Waals surface area contributed by atoms with Gasteiger partial charge in [0.25, 0.3) is 0 Å². The third-order valence-corrected chi connectivity index (χ3v) is 5.93. The van der Waals surface area contributed by atoms with E-state index in [1.807, 2.05) is 0 Å². The van der Waals surface area contributed by atoms with Crippen LogP contribution in [0.15, 0.2) is 66.3 Å². The number of sulfonamides is 1. The average Bonchev–Trinajstić information content (AvgIpc) is 2.68. The SMILES string of the molecule is C=CCC(N)C(=O)[N@@+](O)(Cc1cccnc1)S(=O)(=O)c1ccc(OC)cc1. The predicted molar refractivity (Wildman–Crippen MR) is 98.0 cm³/mol. The number of benzene rings is 1. The van der Waals surface area contributed by atoms with Gasteiger partial charge in [-0.2, -0.15) is 13.6 Å². The van der Waals surface area contributed by atoms with Gasteiger partial charge in [0.1, 0.15) is 16.7 Å². The Bertz CT molecular complexity index is 900. The van der Waals surface area contributed by atoms with Gasteiger partial charge in [0.05, 0.1) is 7.11 Å². The van der Waals surface area contributed by atoms with Crippen LogP contribution >= 0.6 is 0 Å². The van der Waals surface area contributed by atoms with Crippen molar-refractivity contribution in [2.24, 2.45) is 5.73 Å². The number of hydrogen-bond acceptors (Lipinski definition) is 7. The summed E-state index contributed by atoms with van der Waals surface area (Å²) in [6.45, 7) is 2.96. The van der Waals surface area contributed by atoms with E-state index in [9.17, 15) is 18.4 Å². The van der Waals surface area contributed by atoms with Crippen LogP contribution in [0.2, 0.25) is 0 Å². The minimum absolute atomic E-state index is 0.0184. The van der Waals surface area contributed by atoms with E-state index in [1.165, 1.54) is 49.8 Å². The standard InChI is InChI=1S/C18H22N3O5S/c1-3-5-17(19)18(22)21(23,13-14-6-4-11-20-12-14)27(24,25)16-9-7-15(26-2)8-10-16/h3-4,6-12,17,23H,1,5,13,19H2,2H3/q+1/t17?,21-/m1/s1. The first-order valence-corrected chi connectivity index (χ1v) is 9.50. The smallest absolute Gasteiger partial charge is 0.378 e. The van der Waals surface area contributed by atoms with Crippen molar-refractivity contribution in [3.63, 3.8) is 0 Å². The van der Waals surface area contributed by atoms with Crippen LogP contribution in [0.25, 0.3) is 0 Å². The maximum atomic E-state index is 13.2. The van der Waals surface area contributed by atoms with E-state index in [1.54, 1.807) is 12.1 Å². The normalized spacial score (nSPS) is 14.8. The van der Waals surface area contributed by atoms with Crippen LogP contribution in [0.4, 0.5) is 0 Å². The number of carbonyl (C=O) groups excluding carboxylic acids is 1. The van der Waals surface area contributed by atoms with Crippen molar-refractivity contribution in [2.45, 2.75) is 23.9 Å². The Morgan fingerprint density at radius 3 is 2.56 bits per heavy atom. The molecule has 3 N–H and O–H groups in total. The highest BCUT2D eigenvalue weighted by atomic mass is 32.2. The molecule has 1 amide bonds. The molecule has 0 spiro atoms. The Hall–Kier alpha value is -2.59. The topological polar surface area (TPSA) is 120 Å². The van der Waals surface area contributed by atoms with Gasteiger partial charge < -0.3 is 10.5 Å². The lowest BCUT2D eigenvalue weighted by atomic mass is 10.2. The molecule has 144 valence electrons. The Balaban J connectivity index is 2.55. The van der Waals surface area contributed by atoms with Crippen LogP contribution in [0.1, 0.15) is 12.0 Å². The van der Waals surface area contributed by atoms with Gasteiger partial charge in [-0.05, 0) is 40.8 Å². The molecule has 0 saturated heterocycles. The lowest BCUT2D eigenvalue weighted by Crippen LogP contribution is -2.59. The number of methoxy groups -OCH3 is 1. The number of quaternary nitrogens is 1. The fourth-order valence-corrected chi connectivity index (χ4v) is 4.00. The lowest BCUT2D eigenvalue weighted by Gasteiger charge is -2.28. The number of hydrogen-bond donors (Lipinski definition) is 2. The summed E-state index contributed by atoms with van der Waals surface area (Å²) in [6, 6.07) is 7.27. The van der Waals surface area contributed by atoms with Gasteiger partial charge in [0.15, 0.2) is 6.54 Å². The molecule has 2 atom stereocenters. The number of amides is 1. The third kappa shape index (κ3) is 4.22. The minimum atomic E-state index is -4.54. The van der Waals surface area contributed by atoms with Gasteiger partial charge in [0, 0.05) is 18.0 Å². The summed E-state index contributed by atoms with van der Waals surface area (Å²) in [6.07, 6.45) is 4.28. The van der Waals surface area contributed by atoms with Crippen LogP contribution in [0.5, 0.6) is 5.75 Å². The zero-order chi connectivity index (χ0) is 20.1. The summed E-state index contributed by atoms with van der Waals surface area (Å²) in [4.78, 5) is 16.5. The molecule has 0 aliphatic heterocycles. The molecule has 1 aromatic heterocycles. The second-order valence-electron chi connectivity index (χ2n) is 5.84. The number of carbonyl (C=O) groups is 1. The molecule has 0 bridgehead atoms. The third-order valence-electron chi connectivity index (χ3n) is 3.96. The van der Waals surface area contributed by atoms with Crippen molar-refractivity contribution in [2.75, 3.05) is 7.11 Å². The summed E-state index contributed by atoms with van der Waals surface area (Å²) in [5.74, 6) is -0.624. The van der Waals surface area contributed by atoms with Gasteiger partial charge in [0.2, 0.25) is 0 Å². The number of nitrogens with two attached hydrogens (primary N) is 1. The highest BCUT2D eigenvalue weighted by Gasteiger charge is 2.52. The van der Waals surface area contributed by atoms with Gasteiger partial charge in [-0.25, -0.2) is 4.79 Å². The van der Waals surface area contributed by atoms with E-state index in [0.29, 0.717) is 11.3 Å². The van der Waals surface area contributed by atoms with Crippen LogP contribution in [-0.2, 0) is 21.4 Å². The van der Waals surface area contributed by atoms with E-state index in [-0.39, 0.29) is 11.3 Å². The van der Waals surface area contributed by atoms with Gasteiger partial charge in [-0.3, -0.25) is 4.98 Å². The molecule has 0 radical (unpaired) electrons. The van der Waals surface area contributed by atoms with Gasteiger partial charge >= 0.3 is 15.9 Å².